The molecule has 5 nitrogen and oxygen atoms in total. The van der Waals surface area contributed by atoms with Gasteiger partial charge in [0.2, 0.25) is 0 Å². The highest BCUT2D eigenvalue weighted by Crippen LogP contribution is 2.10. The number of hydrogen-bond donors (Lipinski definition) is 0. The average Bonchev–Trinajstić information content (AvgIpc) is 2.81. The van der Waals surface area contributed by atoms with Gasteiger partial charge in [0.1, 0.15) is 18.3 Å². The molecule has 1 aliphatic heterocycles. The second kappa shape index (κ2) is 5.07. The summed E-state index contributed by atoms with van der Waals surface area (Å²) in [4.78, 5) is 21.5. The van der Waals surface area contributed by atoms with Crippen molar-refractivity contribution >= 4 is 11.8 Å². The van der Waals surface area contributed by atoms with E-state index in [1.165, 1.54) is 6.92 Å². The summed E-state index contributed by atoms with van der Waals surface area (Å²) >= 11 is 0. The standard InChI is InChI=1S/C9H14O5/c1-6(10)3-9(11)14-7(2)12-4-8-5-13-8/h7-8H,3-5H2,1-2H3. The van der Waals surface area contributed by atoms with Crippen LogP contribution in [0.5, 0.6) is 0 Å². The maximum Gasteiger partial charge on any atom is 0.315 e. The van der Waals surface area contributed by atoms with E-state index in [2.05, 4.69) is 0 Å². The Kier molecular flexibility index (Phi) is 4.03. The third kappa shape index (κ3) is 4.94. The number of ketones is 1. The molecule has 0 N–H and O–H groups in total. The summed E-state index contributed by atoms with van der Waals surface area (Å²) < 4.78 is 14.8. The van der Waals surface area contributed by atoms with Gasteiger partial charge >= 0.3 is 5.97 Å². The zero-order valence-electron chi connectivity index (χ0n) is 8.32. The van der Waals surface area contributed by atoms with E-state index in [0.717, 1.165) is 0 Å². The van der Waals surface area contributed by atoms with Gasteiger partial charge in [-0.25, -0.2) is 0 Å². The van der Waals surface area contributed by atoms with E-state index in [0.29, 0.717) is 13.2 Å². The summed E-state index contributed by atoms with van der Waals surface area (Å²) in [5.41, 5.74) is 0. The Morgan fingerprint density at radius 1 is 1.57 bits per heavy atom. The van der Waals surface area contributed by atoms with Crippen molar-refractivity contribution in [2.24, 2.45) is 0 Å². The topological polar surface area (TPSA) is 65.1 Å². The van der Waals surface area contributed by atoms with Gasteiger partial charge in [-0.05, 0) is 13.8 Å². The Hall–Kier alpha value is -0.940. The monoisotopic (exact) mass is 202 g/mol. The number of hydrogen-bond acceptors (Lipinski definition) is 5. The molecule has 1 aliphatic rings. The van der Waals surface area contributed by atoms with Crippen LogP contribution in [0.1, 0.15) is 20.3 Å². The molecular weight excluding hydrogens is 188 g/mol. The molecule has 0 saturated carbocycles. The molecule has 0 amide bonds. The number of ether oxygens (including phenoxy) is 3. The highest BCUT2D eigenvalue weighted by Gasteiger charge is 2.24. The molecule has 2 atom stereocenters. The Morgan fingerprint density at radius 2 is 2.21 bits per heavy atom. The molecule has 2 unspecified atom stereocenters. The lowest BCUT2D eigenvalue weighted by atomic mass is 10.3. The summed E-state index contributed by atoms with van der Waals surface area (Å²) in [6.45, 7) is 4.08. The van der Waals surface area contributed by atoms with Gasteiger partial charge in [0, 0.05) is 0 Å². The van der Waals surface area contributed by atoms with Crippen molar-refractivity contribution in [1.29, 1.82) is 0 Å². The fourth-order valence-corrected chi connectivity index (χ4v) is 0.871. The average molecular weight is 202 g/mol. The van der Waals surface area contributed by atoms with Crippen LogP contribution in [-0.2, 0) is 23.8 Å². The Balaban J connectivity index is 2.08. The van der Waals surface area contributed by atoms with Crippen LogP contribution >= 0.6 is 0 Å². The first-order valence-corrected chi connectivity index (χ1v) is 4.50. The largest absolute Gasteiger partial charge is 0.436 e. The van der Waals surface area contributed by atoms with Crippen molar-refractivity contribution in [3.8, 4) is 0 Å². The van der Waals surface area contributed by atoms with Crippen molar-refractivity contribution in [3.63, 3.8) is 0 Å². The number of carbonyl (C=O) groups excluding carboxylic acids is 2. The van der Waals surface area contributed by atoms with Crippen LogP contribution < -0.4 is 0 Å². The summed E-state index contributed by atoms with van der Waals surface area (Å²) in [5.74, 6) is -0.769. The first kappa shape index (κ1) is 11.1. The maximum absolute atomic E-state index is 11.0. The molecule has 0 aromatic rings. The molecule has 0 radical (unpaired) electrons. The van der Waals surface area contributed by atoms with E-state index in [1.54, 1.807) is 6.92 Å². The number of Topliss-reactive ketones (excluding diaryl/α,β-unsaturated/α-hetero) is 1. The predicted octanol–water partition coefficient (Wildman–Crippen LogP) is 0.270. The molecule has 0 bridgehead atoms. The molecule has 0 aromatic carbocycles. The van der Waals surface area contributed by atoms with Gasteiger partial charge in [0.05, 0.1) is 13.2 Å². The molecule has 1 fully saturated rings. The minimum Gasteiger partial charge on any atom is -0.436 e. The molecular formula is C9H14O5. The second-order valence-electron chi connectivity index (χ2n) is 3.22. The smallest absolute Gasteiger partial charge is 0.315 e. The zero-order chi connectivity index (χ0) is 10.6. The van der Waals surface area contributed by atoms with Crippen LogP contribution in [0.15, 0.2) is 0 Å². The van der Waals surface area contributed by atoms with Gasteiger partial charge < -0.3 is 14.2 Å². The summed E-state index contributed by atoms with van der Waals surface area (Å²) in [5, 5.41) is 0. The Bertz CT molecular complexity index is 221. The molecule has 0 aromatic heterocycles. The molecule has 1 heterocycles. The van der Waals surface area contributed by atoms with E-state index in [4.69, 9.17) is 14.2 Å². The first-order valence-electron chi connectivity index (χ1n) is 4.50. The van der Waals surface area contributed by atoms with E-state index in [9.17, 15) is 9.59 Å². The van der Waals surface area contributed by atoms with Crippen LogP contribution in [0.2, 0.25) is 0 Å². The van der Waals surface area contributed by atoms with Crippen molar-refractivity contribution in [1.82, 2.24) is 0 Å². The third-order valence-electron chi connectivity index (χ3n) is 1.61. The van der Waals surface area contributed by atoms with Crippen LogP contribution in [0, 0.1) is 0 Å². The third-order valence-corrected chi connectivity index (χ3v) is 1.61. The molecule has 0 spiro atoms. The molecule has 14 heavy (non-hydrogen) atoms. The van der Waals surface area contributed by atoms with Gasteiger partial charge in [0.15, 0.2) is 6.29 Å². The van der Waals surface area contributed by atoms with Crippen LogP contribution in [0.4, 0.5) is 0 Å². The van der Waals surface area contributed by atoms with E-state index >= 15 is 0 Å². The minimum absolute atomic E-state index is 0.143. The molecule has 5 heteroatoms. The van der Waals surface area contributed by atoms with Crippen LogP contribution in [-0.4, -0.2) is 37.4 Å². The maximum atomic E-state index is 11.0. The van der Waals surface area contributed by atoms with Crippen molar-refractivity contribution in [2.45, 2.75) is 32.7 Å². The van der Waals surface area contributed by atoms with Gasteiger partial charge in [-0.2, -0.15) is 0 Å². The normalized spacial score (nSPS) is 21.4. The van der Waals surface area contributed by atoms with Crippen molar-refractivity contribution in [3.05, 3.63) is 0 Å². The quantitative estimate of drug-likeness (QED) is 0.268. The molecule has 0 aliphatic carbocycles. The zero-order valence-corrected chi connectivity index (χ0v) is 8.32. The first-order chi connectivity index (χ1) is 6.58. The van der Waals surface area contributed by atoms with E-state index in [1.807, 2.05) is 0 Å². The van der Waals surface area contributed by atoms with E-state index < -0.39 is 12.3 Å². The molecule has 1 saturated heterocycles. The lowest BCUT2D eigenvalue weighted by Crippen LogP contribution is -2.21. The fourth-order valence-electron chi connectivity index (χ4n) is 0.871. The lowest BCUT2D eigenvalue weighted by Gasteiger charge is -2.12. The molecule has 1 rings (SSSR count). The number of rotatable bonds is 6. The number of carbonyl (C=O) groups is 2. The Labute approximate surface area is 82.3 Å². The summed E-state index contributed by atoms with van der Waals surface area (Å²) in [6, 6.07) is 0. The van der Waals surface area contributed by atoms with Gasteiger partial charge in [-0.1, -0.05) is 0 Å². The van der Waals surface area contributed by atoms with E-state index in [-0.39, 0.29) is 18.3 Å². The highest BCUT2D eigenvalue weighted by molar-refractivity contribution is 5.94. The lowest BCUT2D eigenvalue weighted by molar-refractivity contribution is -0.175. The predicted molar refractivity (Wildman–Crippen MR) is 46.5 cm³/mol. The van der Waals surface area contributed by atoms with Gasteiger partial charge in [-0.3, -0.25) is 9.59 Å². The van der Waals surface area contributed by atoms with Crippen molar-refractivity contribution in [2.75, 3.05) is 13.2 Å². The number of esters is 1. The minimum atomic E-state index is -0.619. The SMILES string of the molecule is CC(=O)CC(=O)OC(C)OCC1CO1. The summed E-state index contributed by atoms with van der Waals surface area (Å²) in [6.07, 6.45) is -0.678. The molecule has 80 valence electrons. The Morgan fingerprint density at radius 3 is 2.71 bits per heavy atom. The van der Waals surface area contributed by atoms with Crippen LogP contribution in [0.25, 0.3) is 0 Å². The van der Waals surface area contributed by atoms with Gasteiger partial charge in [0.25, 0.3) is 0 Å². The number of epoxide rings is 1. The summed E-state index contributed by atoms with van der Waals surface area (Å²) in [7, 11) is 0. The van der Waals surface area contributed by atoms with Crippen molar-refractivity contribution < 1.29 is 23.8 Å². The van der Waals surface area contributed by atoms with Crippen LogP contribution in [0.3, 0.4) is 0 Å². The van der Waals surface area contributed by atoms with Gasteiger partial charge in [-0.15, -0.1) is 0 Å². The fraction of sp³-hybridized carbons (Fsp3) is 0.778. The second-order valence-corrected chi connectivity index (χ2v) is 3.22. The highest BCUT2D eigenvalue weighted by atomic mass is 16.7.